The van der Waals surface area contributed by atoms with Gasteiger partial charge in [0.05, 0.1) is 11.6 Å². The minimum atomic E-state index is -0.780. The maximum absolute atomic E-state index is 13.1. The van der Waals surface area contributed by atoms with E-state index in [0.717, 1.165) is 18.2 Å². The Morgan fingerprint density at radius 3 is 2.80 bits per heavy atom. The van der Waals surface area contributed by atoms with Crippen LogP contribution in [-0.2, 0) is 0 Å². The molecule has 0 aliphatic heterocycles. The summed E-state index contributed by atoms with van der Waals surface area (Å²) in [4.78, 5) is 11.4. The first kappa shape index (κ1) is 11.2. The van der Waals surface area contributed by atoms with E-state index in [2.05, 4.69) is 11.2 Å². The summed E-state index contributed by atoms with van der Waals surface area (Å²) < 4.78 is 25.8. The topological polar surface area (TPSA) is 29.1 Å². The molecular weight excluding hydrogens is 200 g/mol. The van der Waals surface area contributed by atoms with E-state index < -0.39 is 23.6 Å². The van der Waals surface area contributed by atoms with E-state index in [-0.39, 0.29) is 5.56 Å². The van der Waals surface area contributed by atoms with Crippen molar-refractivity contribution in [3.63, 3.8) is 0 Å². The molecule has 0 saturated carbocycles. The second kappa shape index (κ2) is 4.56. The van der Waals surface area contributed by atoms with Gasteiger partial charge in [0.25, 0.3) is 5.91 Å². The van der Waals surface area contributed by atoms with Gasteiger partial charge in [-0.05, 0) is 25.1 Å². The first-order valence-electron chi connectivity index (χ1n) is 4.26. The van der Waals surface area contributed by atoms with Gasteiger partial charge in [-0.1, -0.05) is 5.92 Å². The third-order valence-electron chi connectivity index (χ3n) is 1.77. The maximum Gasteiger partial charge on any atom is 0.255 e. The average molecular weight is 209 g/mol. The Morgan fingerprint density at radius 2 is 2.20 bits per heavy atom. The Bertz CT molecular complexity index is 423. The summed E-state index contributed by atoms with van der Waals surface area (Å²) in [5, 5.41) is 2.33. The van der Waals surface area contributed by atoms with Crippen LogP contribution < -0.4 is 5.32 Å². The van der Waals surface area contributed by atoms with E-state index in [0.29, 0.717) is 0 Å². The highest BCUT2D eigenvalue weighted by molar-refractivity contribution is 5.94. The van der Waals surface area contributed by atoms with Crippen molar-refractivity contribution in [1.29, 1.82) is 0 Å². The molecule has 1 amide bonds. The Hall–Kier alpha value is -1.89. The van der Waals surface area contributed by atoms with Gasteiger partial charge in [0, 0.05) is 0 Å². The zero-order valence-corrected chi connectivity index (χ0v) is 8.05. The number of hydrogen-bond acceptors (Lipinski definition) is 1. The predicted molar refractivity (Wildman–Crippen MR) is 52.1 cm³/mol. The smallest absolute Gasteiger partial charge is 0.255 e. The summed E-state index contributed by atoms with van der Waals surface area (Å²) in [5.74, 6) is 0.0760. The highest BCUT2D eigenvalue weighted by atomic mass is 19.1. The van der Waals surface area contributed by atoms with Crippen LogP contribution >= 0.6 is 0 Å². The van der Waals surface area contributed by atoms with Crippen molar-refractivity contribution in [2.75, 3.05) is 0 Å². The number of halogens is 2. The lowest BCUT2D eigenvalue weighted by Crippen LogP contribution is -2.32. The first-order chi connectivity index (χ1) is 7.04. The molecule has 0 heterocycles. The van der Waals surface area contributed by atoms with Crippen LogP contribution in [0, 0.1) is 24.0 Å². The summed E-state index contributed by atoms with van der Waals surface area (Å²) in [6.45, 7) is 1.56. The molecule has 15 heavy (non-hydrogen) atoms. The molecule has 0 saturated heterocycles. The van der Waals surface area contributed by atoms with E-state index in [1.165, 1.54) is 0 Å². The molecule has 0 fully saturated rings. The maximum atomic E-state index is 13.1. The third kappa shape index (κ3) is 2.78. The Balaban J connectivity index is 2.92. The van der Waals surface area contributed by atoms with Crippen LogP contribution in [0.1, 0.15) is 17.3 Å². The molecule has 4 heteroatoms. The largest absolute Gasteiger partial charge is 0.339 e. The zero-order valence-electron chi connectivity index (χ0n) is 8.05. The molecule has 0 aromatic heterocycles. The van der Waals surface area contributed by atoms with Crippen molar-refractivity contribution in [2.45, 2.75) is 13.0 Å². The van der Waals surface area contributed by atoms with E-state index in [9.17, 15) is 13.6 Å². The van der Waals surface area contributed by atoms with Gasteiger partial charge < -0.3 is 5.32 Å². The van der Waals surface area contributed by atoms with Crippen LogP contribution in [0.5, 0.6) is 0 Å². The molecular formula is C11H9F2NO. The standard InChI is InChI=1S/C11H9F2NO/c1-3-7(2)14-11(15)9-6-8(12)4-5-10(9)13/h1,4-7H,2H3,(H,14,15). The lowest BCUT2D eigenvalue weighted by atomic mass is 10.2. The normalized spacial score (nSPS) is 11.6. The fourth-order valence-corrected chi connectivity index (χ4v) is 0.988. The van der Waals surface area contributed by atoms with Crippen LogP contribution in [0.2, 0.25) is 0 Å². The Labute approximate surface area is 86.3 Å². The van der Waals surface area contributed by atoms with Crippen LogP contribution in [0.4, 0.5) is 8.78 Å². The van der Waals surface area contributed by atoms with Crippen molar-refractivity contribution >= 4 is 5.91 Å². The quantitative estimate of drug-likeness (QED) is 0.738. The summed E-state index contributed by atoms with van der Waals surface area (Å²) in [5.41, 5.74) is -0.350. The molecule has 2 nitrogen and oxygen atoms in total. The molecule has 1 rings (SSSR count). The van der Waals surface area contributed by atoms with Crippen LogP contribution in [0.25, 0.3) is 0 Å². The lowest BCUT2D eigenvalue weighted by Gasteiger charge is -2.08. The second-order valence-corrected chi connectivity index (χ2v) is 2.99. The second-order valence-electron chi connectivity index (χ2n) is 2.99. The van der Waals surface area contributed by atoms with Gasteiger partial charge in [-0.3, -0.25) is 4.79 Å². The molecule has 1 unspecified atom stereocenters. The molecule has 0 bridgehead atoms. The van der Waals surface area contributed by atoms with Crippen LogP contribution in [0.15, 0.2) is 18.2 Å². The lowest BCUT2D eigenvalue weighted by molar-refractivity contribution is 0.0943. The summed E-state index contributed by atoms with van der Waals surface area (Å²) in [6, 6.07) is 2.13. The molecule has 1 aromatic carbocycles. The fourth-order valence-electron chi connectivity index (χ4n) is 0.988. The van der Waals surface area contributed by atoms with Gasteiger partial charge in [0.2, 0.25) is 0 Å². The third-order valence-corrected chi connectivity index (χ3v) is 1.77. The van der Waals surface area contributed by atoms with E-state index in [4.69, 9.17) is 6.42 Å². The van der Waals surface area contributed by atoms with E-state index >= 15 is 0 Å². The molecule has 1 aromatic rings. The number of nitrogens with one attached hydrogen (secondary N) is 1. The SMILES string of the molecule is C#CC(C)NC(=O)c1cc(F)ccc1F. The first-order valence-corrected chi connectivity index (χ1v) is 4.26. The van der Waals surface area contributed by atoms with Crippen LogP contribution in [-0.4, -0.2) is 11.9 Å². The Kier molecular flexibility index (Phi) is 3.40. The van der Waals surface area contributed by atoms with Gasteiger partial charge in [0.15, 0.2) is 0 Å². The minimum absolute atomic E-state index is 0.350. The number of amides is 1. The van der Waals surface area contributed by atoms with Crippen molar-refractivity contribution in [1.82, 2.24) is 5.32 Å². The monoisotopic (exact) mass is 209 g/mol. The highest BCUT2D eigenvalue weighted by Crippen LogP contribution is 2.09. The molecule has 78 valence electrons. The molecule has 0 aliphatic rings. The summed E-state index contributed by atoms with van der Waals surface area (Å²) in [7, 11) is 0. The number of terminal acetylenes is 1. The van der Waals surface area contributed by atoms with Gasteiger partial charge >= 0.3 is 0 Å². The van der Waals surface area contributed by atoms with Gasteiger partial charge in [0.1, 0.15) is 11.6 Å². The average Bonchev–Trinajstić information content (AvgIpc) is 2.21. The highest BCUT2D eigenvalue weighted by Gasteiger charge is 2.13. The number of hydrogen-bond donors (Lipinski definition) is 1. The summed E-state index contributed by atoms with van der Waals surface area (Å²) >= 11 is 0. The van der Waals surface area contributed by atoms with Crippen LogP contribution in [0.3, 0.4) is 0 Å². The molecule has 1 atom stereocenters. The molecule has 0 spiro atoms. The van der Waals surface area contributed by atoms with Crippen molar-refractivity contribution < 1.29 is 13.6 Å². The predicted octanol–water partition coefficient (Wildman–Crippen LogP) is 1.72. The fraction of sp³-hybridized carbons (Fsp3) is 0.182. The molecule has 0 aliphatic carbocycles. The molecule has 1 N–H and O–H groups in total. The summed E-state index contributed by atoms with van der Waals surface area (Å²) in [6.07, 6.45) is 5.03. The van der Waals surface area contributed by atoms with E-state index in [1.807, 2.05) is 0 Å². The van der Waals surface area contributed by atoms with Gasteiger partial charge in [-0.2, -0.15) is 0 Å². The number of benzene rings is 1. The van der Waals surface area contributed by atoms with Crippen molar-refractivity contribution in [3.05, 3.63) is 35.4 Å². The van der Waals surface area contributed by atoms with E-state index in [1.54, 1.807) is 6.92 Å². The zero-order chi connectivity index (χ0) is 11.4. The van der Waals surface area contributed by atoms with Crippen molar-refractivity contribution in [2.24, 2.45) is 0 Å². The minimum Gasteiger partial charge on any atom is -0.339 e. The van der Waals surface area contributed by atoms with Crippen molar-refractivity contribution in [3.8, 4) is 12.3 Å². The number of carbonyl (C=O) groups excluding carboxylic acids is 1. The van der Waals surface area contributed by atoms with Gasteiger partial charge in [-0.25, -0.2) is 8.78 Å². The number of rotatable bonds is 2. The number of carbonyl (C=O) groups is 1. The Morgan fingerprint density at radius 1 is 1.53 bits per heavy atom. The van der Waals surface area contributed by atoms with Gasteiger partial charge in [-0.15, -0.1) is 6.42 Å². The molecule has 0 radical (unpaired) electrons.